The highest BCUT2D eigenvalue weighted by Crippen LogP contribution is 2.15. The first kappa shape index (κ1) is 15.0. The van der Waals surface area contributed by atoms with Gasteiger partial charge in [0.2, 0.25) is 5.95 Å². The number of hydrogen-bond acceptors (Lipinski definition) is 4. The van der Waals surface area contributed by atoms with Crippen LogP contribution in [0.25, 0.3) is 0 Å². The number of rotatable bonds is 5. The lowest BCUT2D eigenvalue weighted by atomic mass is 10.1. The average Bonchev–Trinajstić information content (AvgIpc) is 2.55. The third kappa shape index (κ3) is 4.26. The fourth-order valence-corrected chi connectivity index (χ4v) is 2.11. The van der Waals surface area contributed by atoms with E-state index in [1.807, 2.05) is 0 Å². The minimum absolute atomic E-state index is 0.302. The van der Waals surface area contributed by atoms with E-state index in [-0.39, 0.29) is 5.82 Å². The first-order valence-corrected chi connectivity index (χ1v) is 7.34. The van der Waals surface area contributed by atoms with Crippen molar-refractivity contribution in [3.8, 4) is 0 Å². The van der Waals surface area contributed by atoms with Gasteiger partial charge >= 0.3 is 0 Å². The summed E-state index contributed by atoms with van der Waals surface area (Å²) in [7, 11) is 0. The molecule has 2 N–H and O–H groups in total. The van der Waals surface area contributed by atoms with Crippen LogP contribution in [0.15, 0.2) is 60.8 Å². The van der Waals surface area contributed by atoms with E-state index in [4.69, 9.17) is 0 Å². The van der Waals surface area contributed by atoms with Crippen molar-refractivity contribution in [2.24, 2.45) is 0 Å². The van der Waals surface area contributed by atoms with Gasteiger partial charge in [-0.05, 0) is 36.8 Å². The van der Waals surface area contributed by atoms with Crippen LogP contribution in [0.3, 0.4) is 0 Å². The number of nitrogens with one attached hydrogen (secondary N) is 2. The van der Waals surface area contributed by atoms with Gasteiger partial charge in [-0.2, -0.15) is 4.98 Å². The molecule has 0 bridgehead atoms. The number of benzene rings is 2. The van der Waals surface area contributed by atoms with E-state index in [1.165, 1.54) is 23.3 Å². The fraction of sp³-hybridized carbons (Fsp3) is 0.111. The van der Waals surface area contributed by atoms with Crippen molar-refractivity contribution in [2.45, 2.75) is 13.5 Å². The summed E-state index contributed by atoms with van der Waals surface area (Å²) in [4.78, 5) is 8.52. The van der Waals surface area contributed by atoms with E-state index < -0.39 is 0 Å². The largest absolute Gasteiger partial charge is 0.366 e. The lowest BCUT2D eigenvalue weighted by Crippen LogP contribution is -2.04. The molecule has 0 unspecified atom stereocenters. The normalized spacial score (nSPS) is 10.3. The molecule has 23 heavy (non-hydrogen) atoms. The Hall–Kier alpha value is -2.95. The first-order valence-electron chi connectivity index (χ1n) is 7.34. The zero-order valence-corrected chi connectivity index (χ0v) is 12.8. The second kappa shape index (κ2) is 6.87. The predicted octanol–water partition coefficient (Wildman–Crippen LogP) is 4.28. The molecule has 1 heterocycles. The molecule has 5 heteroatoms. The van der Waals surface area contributed by atoms with E-state index in [9.17, 15) is 4.39 Å². The van der Waals surface area contributed by atoms with E-state index in [0.717, 1.165) is 0 Å². The Balaban J connectivity index is 1.66. The van der Waals surface area contributed by atoms with Gasteiger partial charge in [-0.15, -0.1) is 0 Å². The maximum atomic E-state index is 13.2. The van der Waals surface area contributed by atoms with Crippen LogP contribution in [0.2, 0.25) is 0 Å². The van der Waals surface area contributed by atoms with Crippen LogP contribution >= 0.6 is 0 Å². The predicted molar refractivity (Wildman–Crippen MR) is 90.2 cm³/mol. The van der Waals surface area contributed by atoms with Crippen LogP contribution in [0, 0.1) is 12.7 Å². The summed E-state index contributed by atoms with van der Waals surface area (Å²) in [6.45, 7) is 2.74. The van der Waals surface area contributed by atoms with Crippen molar-refractivity contribution < 1.29 is 4.39 Å². The molecule has 4 nitrogen and oxygen atoms in total. The maximum Gasteiger partial charge on any atom is 0.229 e. The van der Waals surface area contributed by atoms with Crippen molar-refractivity contribution in [3.63, 3.8) is 0 Å². The lowest BCUT2D eigenvalue weighted by Gasteiger charge is -2.09. The number of aromatic nitrogens is 2. The molecule has 2 aromatic carbocycles. The second-order valence-corrected chi connectivity index (χ2v) is 5.24. The van der Waals surface area contributed by atoms with Crippen LogP contribution in [-0.4, -0.2) is 9.97 Å². The molecule has 0 amide bonds. The summed E-state index contributed by atoms with van der Waals surface area (Å²) in [5, 5.41) is 6.24. The first-order chi connectivity index (χ1) is 11.2. The minimum Gasteiger partial charge on any atom is -0.366 e. The molecule has 0 aliphatic heterocycles. The van der Waals surface area contributed by atoms with Gasteiger partial charge in [0, 0.05) is 18.4 Å². The third-order valence-corrected chi connectivity index (χ3v) is 3.33. The van der Waals surface area contributed by atoms with Crippen LogP contribution in [0.5, 0.6) is 0 Å². The summed E-state index contributed by atoms with van der Waals surface area (Å²) < 4.78 is 13.2. The van der Waals surface area contributed by atoms with Crippen molar-refractivity contribution in [3.05, 3.63) is 77.7 Å². The molecule has 0 spiro atoms. The smallest absolute Gasteiger partial charge is 0.229 e. The summed E-state index contributed by atoms with van der Waals surface area (Å²) in [6, 6.07) is 16.3. The topological polar surface area (TPSA) is 49.8 Å². The fourth-order valence-electron chi connectivity index (χ4n) is 2.11. The van der Waals surface area contributed by atoms with Gasteiger partial charge in [-0.3, -0.25) is 0 Å². The van der Waals surface area contributed by atoms with Crippen LogP contribution < -0.4 is 10.6 Å². The number of aryl methyl sites for hydroxylation is 1. The Labute approximate surface area is 134 Å². The highest BCUT2D eigenvalue weighted by Gasteiger charge is 2.01. The van der Waals surface area contributed by atoms with Gasteiger partial charge in [0.15, 0.2) is 0 Å². The molecule has 3 rings (SSSR count). The summed E-state index contributed by atoms with van der Waals surface area (Å²) in [5.41, 5.74) is 3.02. The number of halogens is 1. The Morgan fingerprint density at radius 3 is 2.65 bits per heavy atom. The van der Waals surface area contributed by atoms with Gasteiger partial charge < -0.3 is 10.6 Å². The highest BCUT2D eigenvalue weighted by atomic mass is 19.1. The standard InChI is InChI=1S/C18H17FN4/c1-13-5-7-14(8-6-13)12-21-17-9-10-20-18(23-17)22-16-4-2-3-15(19)11-16/h2-11H,12H2,1H3,(H2,20,21,22,23). The van der Waals surface area contributed by atoms with Crippen molar-refractivity contribution in [1.29, 1.82) is 0 Å². The number of hydrogen-bond donors (Lipinski definition) is 2. The molecular weight excluding hydrogens is 291 g/mol. The zero-order chi connectivity index (χ0) is 16.1. The third-order valence-electron chi connectivity index (χ3n) is 3.33. The van der Waals surface area contributed by atoms with Crippen LogP contribution in [0.4, 0.5) is 21.8 Å². The molecule has 0 radical (unpaired) electrons. The number of anilines is 3. The molecule has 0 saturated heterocycles. The lowest BCUT2D eigenvalue weighted by molar-refractivity contribution is 0.628. The van der Waals surface area contributed by atoms with Gasteiger partial charge in [0.25, 0.3) is 0 Å². The molecule has 0 saturated carbocycles. The van der Waals surface area contributed by atoms with Crippen molar-refractivity contribution in [1.82, 2.24) is 9.97 Å². The summed E-state index contributed by atoms with van der Waals surface area (Å²) >= 11 is 0. The quantitative estimate of drug-likeness (QED) is 0.738. The van der Waals surface area contributed by atoms with Gasteiger partial charge in [0.05, 0.1) is 0 Å². The molecule has 0 fully saturated rings. The Morgan fingerprint density at radius 1 is 1.04 bits per heavy atom. The highest BCUT2D eigenvalue weighted by molar-refractivity contribution is 5.54. The van der Waals surface area contributed by atoms with Crippen LogP contribution in [0.1, 0.15) is 11.1 Å². The second-order valence-electron chi connectivity index (χ2n) is 5.24. The van der Waals surface area contributed by atoms with Gasteiger partial charge in [0.1, 0.15) is 11.6 Å². The Bertz CT molecular complexity index is 787. The van der Waals surface area contributed by atoms with E-state index in [2.05, 4.69) is 51.8 Å². The molecule has 0 atom stereocenters. The Kier molecular flexibility index (Phi) is 4.47. The molecule has 3 aromatic rings. The molecular formula is C18H17FN4. The maximum absolute atomic E-state index is 13.2. The van der Waals surface area contributed by atoms with Gasteiger partial charge in [-0.1, -0.05) is 35.9 Å². The molecule has 1 aromatic heterocycles. The SMILES string of the molecule is Cc1ccc(CNc2ccnc(Nc3cccc(F)c3)n2)cc1. The molecule has 116 valence electrons. The Morgan fingerprint density at radius 2 is 1.87 bits per heavy atom. The van der Waals surface area contributed by atoms with E-state index >= 15 is 0 Å². The summed E-state index contributed by atoms with van der Waals surface area (Å²) in [6.07, 6.45) is 1.66. The van der Waals surface area contributed by atoms with Crippen molar-refractivity contribution in [2.75, 3.05) is 10.6 Å². The van der Waals surface area contributed by atoms with Gasteiger partial charge in [-0.25, -0.2) is 9.37 Å². The van der Waals surface area contributed by atoms with Crippen molar-refractivity contribution >= 4 is 17.5 Å². The zero-order valence-electron chi connectivity index (χ0n) is 12.8. The van der Waals surface area contributed by atoms with E-state index in [1.54, 1.807) is 24.4 Å². The minimum atomic E-state index is -0.302. The van der Waals surface area contributed by atoms with E-state index in [0.29, 0.717) is 24.0 Å². The average molecular weight is 308 g/mol. The molecule has 0 aliphatic carbocycles. The monoisotopic (exact) mass is 308 g/mol. The molecule has 0 aliphatic rings. The van der Waals surface area contributed by atoms with Crippen LogP contribution in [-0.2, 0) is 6.54 Å². The number of nitrogens with zero attached hydrogens (tertiary/aromatic N) is 2. The summed E-state index contributed by atoms with van der Waals surface area (Å²) in [5.74, 6) is 0.827.